The average Bonchev–Trinajstić information content (AvgIpc) is 2.89. The Morgan fingerprint density at radius 3 is 2.71 bits per heavy atom. The lowest BCUT2D eigenvalue weighted by atomic mass is 10.1. The van der Waals surface area contributed by atoms with Gasteiger partial charge in [0.2, 0.25) is 0 Å². The fourth-order valence-electron chi connectivity index (χ4n) is 1.91. The molecule has 0 fully saturated rings. The lowest BCUT2D eigenvalue weighted by molar-refractivity contribution is 0.0588. The highest BCUT2D eigenvalue weighted by molar-refractivity contribution is 5.97. The third-order valence-electron chi connectivity index (χ3n) is 2.91. The summed E-state index contributed by atoms with van der Waals surface area (Å²) in [6.45, 7) is -0.193. The number of hydrogen-bond acceptors (Lipinski definition) is 4. The van der Waals surface area contributed by atoms with Gasteiger partial charge in [-0.15, -0.1) is 0 Å². The van der Waals surface area contributed by atoms with Crippen molar-refractivity contribution in [2.24, 2.45) is 0 Å². The molecule has 0 aliphatic carbocycles. The Labute approximate surface area is 119 Å². The van der Waals surface area contributed by atoms with Crippen LogP contribution in [-0.2, 0) is 11.3 Å². The van der Waals surface area contributed by atoms with Gasteiger partial charge in [0, 0.05) is 17.3 Å². The van der Waals surface area contributed by atoms with Gasteiger partial charge in [0.15, 0.2) is 12.1 Å². The smallest absolute Gasteiger partial charge is 0.354 e. The van der Waals surface area contributed by atoms with E-state index in [2.05, 4.69) is 4.74 Å². The molecule has 2 aromatic rings. The molecule has 0 spiro atoms. The normalized spacial score (nSPS) is 10.2. The minimum Gasteiger partial charge on any atom is -0.464 e. The number of halogens is 1. The zero-order valence-corrected chi connectivity index (χ0v) is 11.2. The lowest BCUT2D eigenvalue weighted by Gasteiger charge is -2.07. The van der Waals surface area contributed by atoms with Crippen LogP contribution in [0.25, 0.3) is 0 Å². The molecule has 0 aliphatic heterocycles. The summed E-state index contributed by atoms with van der Waals surface area (Å²) in [7, 11) is 1.20. The molecule has 0 bridgehead atoms. The van der Waals surface area contributed by atoms with Gasteiger partial charge < -0.3 is 9.30 Å². The number of ketones is 1. The van der Waals surface area contributed by atoms with Crippen molar-refractivity contribution in [1.29, 1.82) is 0 Å². The predicted molar refractivity (Wildman–Crippen MR) is 71.9 cm³/mol. The quantitative estimate of drug-likeness (QED) is 0.480. The van der Waals surface area contributed by atoms with Crippen LogP contribution in [0.2, 0.25) is 0 Å². The van der Waals surface area contributed by atoms with Crippen molar-refractivity contribution in [2.45, 2.75) is 6.54 Å². The minimum absolute atomic E-state index is 0.0874. The topological polar surface area (TPSA) is 65.4 Å². The van der Waals surface area contributed by atoms with Gasteiger partial charge in [-0.05, 0) is 18.2 Å². The third kappa shape index (κ3) is 3.22. The average molecular weight is 289 g/mol. The number of ether oxygens (including phenoxy) is 1. The van der Waals surface area contributed by atoms with E-state index in [4.69, 9.17) is 0 Å². The second-order valence-corrected chi connectivity index (χ2v) is 4.33. The summed E-state index contributed by atoms with van der Waals surface area (Å²) >= 11 is 0. The molecule has 108 valence electrons. The summed E-state index contributed by atoms with van der Waals surface area (Å²) in [5.74, 6) is -1.56. The van der Waals surface area contributed by atoms with Crippen LogP contribution < -0.4 is 0 Å². The number of benzene rings is 1. The van der Waals surface area contributed by atoms with E-state index in [1.165, 1.54) is 42.1 Å². The van der Waals surface area contributed by atoms with Gasteiger partial charge in [0.05, 0.1) is 13.7 Å². The second kappa shape index (κ2) is 6.13. The standard InChI is InChI=1S/C15H12FNO4/c1-21-15(20)13-5-10(9-18)7-17(13)8-14(19)11-3-2-4-12(16)6-11/h2-7,9H,8H2,1H3. The Bertz CT molecular complexity index is 705. The van der Waals surface area contributed by atoms with Gasteiger partial charge >= 0.3 is 5.97 Å². The van der Waals surface area contributed by atoms with E-state index in [1.807, 2.05) is 0 Å². The summed E-state index contributed by atoms with van der Waals surface area (Å²) in [5.41, 5.74) is 0.527. The van der Waals surface area contributed by atoms with Gasteiger partial charge in [-0.25, -0.2) is 9.18 Å². The first-order valence-electron chi connectivity index (χ1n) is 6.07. The fourth-order valence-corrected chi connectivity index (χ4v) is 1.91. The number of methoxy groups -OCH3 is 1. The number of esters is 1. The molecule has 5 nitrogen and oxygen atoms in total. The Balaban J connectivity index is 2.30. The van der Waals surface area contributed by atoms with E-state index in [-0.39, 0.29) is 29.1 Å². The summed E-state index contributed by atoms with van der Waals surface area (Å²) < 4.78 is 19.0. The van der Waals surface area contributed by atoms with Crippen molar-refractivity contribution < 1.29 is 23.5 Å². The molecule has 0 N–H and O–H groups in total. The van der Waals surface area contributed by atoms with Crippen molar-refractivity contribution in [3.63, 3.8) is 0 Å². The maximum absolute atomic E-state index is 13.1. The molecule has 0 saturated carbocycles. The molecule has 21 heavy (non-hydrogen) atoms. The molecule has 0 radical (unpaired) electrons. The third-order valence-corrected chi connectivity index (χ3v) is 2.91. The molecule has 0 unspecified atom stereocenters. The van der Waals surface area contributed by atoms with Crippen LogP contribution in [0.15, 0.2) is 36.5 Å². The van der Waals surface area contributed by atoms with Crippen molar-refractivity contribution in [3.05, 3.63) is 59.2 Å². The molecule has 1 aromatic heterocycles. The van der Waals surface area contributed by atoms with Crippen molar-refractivity contribution in [3.8, 4) is 0 Å². The van der Waals surface area contributed by atoms with Crippen LogP contribution >= 0.6 is 0 Å². The number of rotatable bonds is 5. The monoisotopic (exact) mass is 289 g/mol. The second-order valence-electron chi connectivity index (χ2n) is 4.33. The fraction of sp³-hybridized carbons (Fsp3) is 0.133. The van der Waals surface area contributed by atoms with E-state index in [1.54, 1.807) is 0 Å². The van der Waals surface area contributed by atoms with E-state index in [9.17, 15) is 18.8 Å². The highest BCUT2D eigenvalue weighted by Gasteiger charge is 2.17. The number of carbonyl (C=O) groups excluding carboxylic acids is 3. The zero-order chi connectivity index (χ0) is 15.4. The molecular weight excluding hydrogens is 277 g/mol. The van der Waals surface area contributed by atoms with Crippen LogP contribution in [0.3, 0.4) is 0 Å². The number of carbonyl (C=O) groups is 3. The molecule has 0 atom stereocenters. The van der Waals surface area contributed by atoms with E-state index in [0.717, 1.165) is 6.07 Å². The lowest BCUT2D eigenvalue weighted by Crippen LogP contribution is -2.15. The van der Waals surface area contributed by atoms with Gasteiger partial charge in [0.1, 0.15) is 11.5 Å². The summed E-state index contributed by atoms with van der Waals surface area (Å²) in [6, 6.07) is 6.59. The van der Waals surface area contributed by atoms with Crippen molar-refractivity contribution >= 4 is 18.0 Å². The first kappa shape index (κ1) is 14.6. The number of Topliss-reactive ketones (excluding diaryl/α,β-unsaturated/α-hetero) is 1. The molecule has 0 amide bonds. The largest absolute Gasteiger partial charge is 0.464 e. The van der Waals surface area contributed by atoms with Crippen LogP contribution in [0.4, 0.5) is 4.39 Å². The van der Waals surface area contributed by atoms with E-state index >= 15 is 0 Å². The van der Waals surface area contributed by atoms with Gasteiger partial charge in [-0.1, -0.05) is 12.1 Å². The van der Waals surface area contributed by atoms with E-state index in [0.29, 0.717) is 6.29 Å². The Morgan fingerprint density at radius 2 is 2.10 bits per heavy atom. The summed E-state index contributed by atoms with van der Waals surface area (Å²) in [6.07, 6.45) is 1.94. The molecule has 0 aliphatic rings. The van der Waals surface area contributed by atoms with Crippen LogP contribution in [0, 0.1) is 5.82 Å². The Kier molecular flexibility index (Phi) is 4.27. The molecule has 2 rings (SSSR count). The molecule has 6 heteroatoms. The van der Waals surface area contributed by atoms with Crippen LogP contribution in [0.5, 0.6) is 0 Å². The van der Waals surface area contributed by atoms with Crippen molar-refractivity contribution in [1.82, 2.24) is 4.57 Å². The maximum Gasteiger partial charge on any atom is 0.354 e. The maximum atomic E-state index is 13.1. The number of hydrogen-bond donors (Lipinski definition) is 0. The number of aromatic nitrogens is 1. The Morgan fingerprint density at radius 1 is 1.33 bits per heavy atom. The van der Waals surface area contributed by atoms with Gasteiger partial charge in [-0.2, -0.15) is 0 Å². The molecule has 0 saturated heterocycles. The molecular formula is C15H12FNO4. The first-order valence-corrected chi connectivity index (χ1v) is 6.07. The van der Waals surface area contributed by atoms with Gasteiger partial charge in [-0.3, -0.25) is 9.59 Å². The summed E-state index contributed by atoms with van der Waals surface area (Å²) in [5, 5.41) is 0. The van der Waals surface area contributed by atoms with Crippen LogP contribution in [-0.4, -0.2) is 29.7 Å². The number of aldehydes is 1. The number of nitrogens with zero attached hydrogens (tertiary/aromatic N) is 1. The highest BCUT2D eigenvalue weighted by atomic mass is 19.1. The Hall–Kier alpha value is -2.76. The summed E-state index contributed by atoms with van der Waals surface area (Å²) in [4.78, 5) is 34.5. The van der Waals surface area contributed by atoms with Crippen molar-refractivity contribution in [2.75, 3.05) is 7.11 Å². The SMILES string of the molecule is COC(=O)c1cc(C=O)cn1CC(=O)c1cccc(F)c1. The minimum atomic E-state index is -0.657. The zero-order valence-electron chi connectivity index (χ0n) is 11.2. The van der Waals surface area contributed by atoms with Gasteiger partial charge in [0.25, 0.3) is 0 Å². The highest BCUT2D eigenvalue weighted by Crippen LogP contribution is 2.12. The first-order chi connectivity index (χ1) is 10.0. The molecule has 1 heterocycles. The molecule has 1 aromatic carbocycles. The van der Waals surface area contributed by atoms with E-state index < -0.39 is 11.8 Å². The predicted octanol–water partition coefficient (Wildman–Crippen LogP) is 2.11. The van der Waals surface area contributed by atoms with Crippen LogP contribution in [0.1, 0.15) is 31.2 Å².